The molecular formula is C22H34N5O12P. The number of nitrogens with two attached hydrogens (primary N) is 1. The van der Waals surface area contributed by atoms with Crippen LogP contribution >= 0.6 is 7.75 Å². The quantitative estimate of drug-likeness (QED) is 0.0941. The fraction of sp³-hybridized carbons (Fsp3) is 0.500. The monoisotopic (exact) mass is 591 g/mol. The van der Waals surface area contributed by atoms with E-state index in [1.165, 1.54) is 31.2 Å². The van der Waals surface area contributed by atoms with Gasteiger partial charge >= 0.3 is 13.7 Å². The molecule has 0 aliphatic heterocycles. The summed E-state index contributed by atoms with van der Waals surface area (Å²) in [6.45, 7) is 2.31. The number of hydrogen-bond donors (Lipinski definition) is 10. The molecule has 224 valence electrons. The van der Waals surface area contributed by atoms with Crippen molar-refractivity contribution in [1.82, 2.24) is 20.6 Å². The second kappa shape index (κ2) is 14.7. The molecule has 0 heterocycles. The number of carbonyl (C=O) groups excluding carboxylic acids is 4. The highest BCUT2D eigenvalue weighted by Crippen LogP contribution is 2.43. The van der Waals surface area contributed by atoms with Crippen LogP contribution in [0.25, 0.3) is 0 Å². The predicted octanol–water partition coefficient (Wildman–Crippen LogP) is -3.50. The Bertz CT molecular complexity index is 1120. The lowest BCUT2D eigenvalue weighted by Gasteiger charge is -2.35. The molecule has 6 atom stereocenters. The van der Waals surface area contributed by atoms with Crippen LogP contribution in [0.2, 0.25) is 0 Å². The summed E-state index contributed by atoms with van der Waals surface area (Å²) in [4.78, 5) is 82.6. The number of nitrogens with zero attached hydrogens (tertiary/aromatic N) is 1. The number of benzene rings is 1. The molecule has 1 aromatic carbocycles. The van der Waals surface area contributed by atoms with Crippen molar-refractivity contribution in [2.75, 3.05) is 6.61 Å². The Morgan fingerprint density at radius 3 is 1.93 bits per heavy atom. The van der Waals surface area contributed by atoms with Crippen LogP contribution in [0.15, 0.2) is 24.3 Å². The van der Waals surface area contributed by atoms with E-state index in [4.69, 9.17) is 10.8 Å². The molecule has 0 aliphatic rings. The summed E-state index contributed by atoms with van der Waals surface area (Å²) in [6, 6.07) is -3.61. The van der Waals surface area contributed by atoms with Crippen LogP contribution in [0.3, 0.4) is 0 Å². The normalized spacial score (nSPS) is 15.9. The summed E-state index contributed by atoms with van der Waals surface area (Å²) in [6.07, 6.45) is -2.35. The van der Waals surface area contributed by atoms with Crippen LogP contribution < -0.4 is 21.7 Å². The number of nitrogens with one attached hydrogen (secondary N) is 3. The Morgan fingerprint density at radius 1 is 0.950 bits per heavy atom. The molecule has 6 unspecified atom stereocenters. The molecule has 1 rings (SSSR count). The van der Waals surface area contributed by atoms with Gasteiger partial charge in [0, 0.05) is 6.42 Å². The molecule has 0 aliphatic carbocycles. The molecule has 0 spiro atoms. The van der Waals surface area contributed by atoms with Crippen molar-refractivity contribution in [3.63, 3.8) is 0 Å². The first kappa shape index (κ1) is 34.4. The first-order valence-electron chi connectivity index (χ1n) is 11.8. The first-order chi connectivity index (χ1) is 18.4. The first-order valence-corrected chi connectivity index (χ1v) is 13.3. The van der Waals surface area contributed by atoms with Gasteiger partial charge in [-0.3, -0.25) is 24.0 Å². The molecule has 4 amide bonds. The van der Waals surface area contributed by atoms with Gasteiger partial charge in [-0.25, -0.2) is 9.24 Å². The van der Waals surface area contributed by atoms with E-state index in [-0.39, 0.29) is 16.0 Å². The molecular weight excluding hydrogens is 557 g/mol. The average Bonchev–Trinajstić information content (AvgIpc) is 2.84. The van der Waals surface area contributed by atoms with Gasteiger partial charge < -0.3 is 51.9 Å². The third-order valence-corrected chi connectivity index (χ3v) is 6.51. The van der Waals surface area contributed by atoms with Crippen molar-refractivity contribution < 1.29 is 58.8 Å². The molecule has 0 saturated carbocycles. The number of carboxylic acids is 1. The summed E-state index contributed by atoms with van der Waals surface area (Å²) >= 11 is 0. The molecule has 0 aromatic heterocycles. The summed E-state index contributed by atoms with van der Waals surface area (Å²) in [7, 11) is -5.72. The minimum atomic E-state index is -5.72. The Morgan fingerprint density at radius 2 is 1.50 bits per heavy atom. The van der Waals surface area contributed by atoms with E-state index in [0.29, 0.717) is 0 Å². The fourth-order valence-electron chi connectivity index (χ4n) is 3.26. The van der Waals surface area contributed by atoms with Gasteiger partial charge in [-0.1, -0.05) is 12.1 Å². The van der Waals surface area contributed by atoms with Crippen molar-refractivity contribution in [2.24, 2.45) is 5.73 Å². The highest BCUT2D eigenvalue weighted by molar-refractivity contribution is 7.50. The number of aliphatic carboxylic acids is 1. The van der Waals surface area contributed by atoms with Crippen LogP contribution in [0.5, 0.6) is 5.75 Å². The van der Waals surface area contributed by atoms with Gasteiger partial charge in [0.2, 0.25) is 17.7 Å². The van der Waals surface area contributed by atoms with Crippen LogP contribution in [-0.4, -0.2) is 107 Å². The standard InChI is InChI=1S/C22H34N5O12P/c1-10(23)18(31)26-17(12(3)29)21(34)27(40(37,38)39)16(8-13-4-6-14(30)7-5-13)20(33)25-15(9-28)19(32)24-11(2)22(35)36/h4-7,10-12,15-17,28-30H,8-9,23H2,1-3H3,(H,24,32)(H,25,33)(H,26,31)(H,35,36)(H2,37,38,39). The van der Waals surface area contributed by atoms with E-state index >= 15 is 0 Å². The number of hydrogen-bond acceptors (Lipinski definition) is 10. The lowest BCUT2D eigenvalue weighted by atomic mass is 10.0. The second-order valence-corrected chi connectivity index (χ2v) is 10.4. The number of aromatic hydroxyl groups is 1. The fourth-order valence-corrected chi connectivity index (χ4v) is 4.19. The Kier molecular flexibility index (Phi) is 12.6. The van der Waals surface area contributed by atoms with Crippen molar-refractivity contribution in [2.45, 2.75) is 63.5 Å². The maximum Gasteiger partial charge on any atom is 0.433 e. The molecule has 0 saturated heterocycles. The molecule has 17 nitrogen and oxygen atoms in total. The predicted molar refractivity (Wildman–Crippen MR) is 136 cm³/mol. The van der Waals surface area contributed by atoms with Gasteiger partial charge in [0.25, 0.3) is 5.91 Å². The number of aliphatic hydroxyl groups excluding tert-OH is 2. The number of amides is 4. The molecule has 0 fully saturated rings. The van der Waals surface area contributed by atoms with Gasteiger partial charge in [0.05, 0.1) is 18.8 Å². The number of carboxylic acid groups (broad SMARTS) is 1. The summed E-state index contributed by atoms with van der Waals surface area (Å²) in [5.41, 5.74) is 5.63. The lowest BCUT2D eigenvalue weighted by Crippen LogP contribution is -2.61. The van der Waals surface area contributed by atoms with Crippen molar-refractivity contribution >= 4 is 37.3 Å². The number of phenols is 1. The van der Waals surface area contributed by atoms with E-state index in [0.717, 1.165) is 13.8 Å². The minimum absolute atomic E-state index is 0.168. The topological polar surface area (TPSA) is 289 Å². The number of phenolic OH excluding ortho intramolecular Hbond substituents is 1. The summed E-state index contributed by atoms with van der Waals surface area (Å²) < 4.78 is 12.4. The Labute approximate surface area is 228 Å². The van der Waals surface area contributed by atoms with Gasteiger partial charge in [-0.05, 0) is 38.5 Å². The SMILES string of the molecule is CC(N)C(=O)NC(C(=O)N(C(Cc1ccc(O)cc1)C(=O)NC(CO)C(=O)NC(C)C(=O)O)P(=O)(O)O)C(C)O. The van der Waals surface area contributed by atoms with Crippen LogP contribution in [0.4, 0.5) is 0 Å². The smallest absolute Gasteiger partial charge is 0.433 e. The van der Waals surface area contributed by atoms with Gasteiger partial charge in [-0.15, -0.1) is 0 Å². The van der Waals surface area contributed by atoms with Gasteiger partial charge in [-0.2, -0.15) is 0 Å². The molecule has 11 N–H and O–H groups in total. The molecule has 1 aromatic rings. The second-order valence-electron chi connectivity index (χ2n) is 8.91. The molecule has 0 radical (unpaired) electrons. The lowest BCUT2D eigenvalue weighted by molar-refractivity contribution is -0.143. The van der Waals surface area contributed by atoms with E-state index in [1.54, 1.807) is 0 Å². The molecule has 0 bridgehead atoms. The van der Waals surface area contributed by atoms with Crippen LogP contribution in [-0.2, 0) is 35.0 Å². The zero-order valence-electron chi connectivity index (χ0n) is 21.8. The van der Waals surface area contributed by atoms with Crippen molar-refractivity contribution in [3.8, 4) is 5.75 Å². The third kappa shape index (κ3) is 9.86. The highest BCUT2D eigenvalue weighted by atomic mass is 31.2. The van der Waals surface area contributed by atoms with Crippen LogP contribution in [0, 0.1) is 0 Å². The molecule has 40 heavy (non-hydrogen) atoms. The van der Waals surface area contributed by atoms with Crippen molar-refractivity contribution in [1.29, 1.82) is 0 Å². The van der Waals surface area contributed by atoms with Crippen LogP contribution in [0.1, 0.15) is 26.3 Å². The van der Waals surface area contributed by atoms with E-state index < -0.39 is 86.7 Å². The summed E-state index contributed by atoms with van der Waals surface area (Å²) in [5.74, 6) is -6.70. The third-order valence-electron chi connectivity index (χ3n) is 5.47. The zero-order valence-corrected chi connectivity index (χ0v) is 22.7. The number of rotatable bonds is 14. The van der Waals surface area contributed by atoms with E-state index in [1.807, 2.05) is 10.6 Å². The minimum Gasteiger partial charge on any atom is -0.508 e. The van der Waals surface area contributed by atoms with Crippen molar-refractivity contribution in [3.05, 3.63) is 29.8 Å². The maximum atomic E-state index is 13.4. The van der Waals surface area contributed by atoms with Gasteiger partial charge in [0.1, 0.15) is 29.9 Å². The van der Waals surface area contributed by atoms with Gasteiger partial charge in [0.15, 0.2) is 0 Å². The average molecular weight is 592 g/mol. The zero-order chi connectivity index (χ0) is 30.9. The van der Waals surface area contributed by atoms with E-state index in [9.17, 15) is 53.6 Å². The highest BCUT2D eigenvalue weighted by Gasteiger charge is 2.46. The maximum absolute atomic E-state index is 13.4. The number of aliphatic hydroxyl groups is 2. The van der Waals surface area contributed by atoms with E-state index in [2.05, 4.69) is 5.32 Å². The largest absolute Gasteiger partial charge is 0.508 e. The molecule has 18 heteroatoms. The number of carbonyl (C=O) groups is 5. The Balaban J connectivity index is 3.56. The Hall–Kier alpha value is -3.60. The summed E-state index contributed by atoms with van der Waals surface area (Å²) in [5, 5.41) is 44.4.